The van der Waals surface area contributed by atoms with Gasteiger partial charge in [-0.05, 0) is 36.4 Å². The minimum atomic E-state index is 0.800. The fourth-order valence-electron chi connectivity index (χ4n) is 1.93. The lowest BCUT2D eigenvalue weighted by Gasteiger charge is -2.04. The van der Waals surface area contributed by atoms with Crippen molar-refractivity contribution < 1.29 is 0 Å². The molecule has 0 aliphatic carbocycles. The smallest absolute Gasteiger partial charge is 0.209 e. The summed E-state index contributed by atoms with van der Waals surface area (Å²) in [6.45, 7) is 4.26. The van der Waals surface area contributed by atoms with Gasteiger partial charge in [0.15, 0.2) is 5.82 Å². The molecule has 0 unspecified atom stereocenters. The molecular weight excluding hydrogens is 286 g/mol. The van der Waals surface area contributed by atoms with Gasteiger partial charge in [0.2, 0.25) is 5.16 Å². The molecule has 0 radical (unpaired) electrons. The van der Waals surface area contributed by atoms with E-state index in [1.807, 2.05) is 17.5 Å². The normalized spacial score (nSPS) is 10.9. The highest BCUT2D eigenvalue weighted by Gasteiger charge is 2.08. The predicted molar refractivity (Wildman–Crippen MR) is 85.2 cm³/mol. The van der Waals surface area contributed by atoms with Crippen molar-refractivity contribution in [2.75, 3.05) is 0 Å². The molecule has 0 saturated carbocycles. The van der Waals surface area contributed by atoms with Crippen LogP contribution in [-0.2, 0) is 5.75 Å². The molecule has 0 bridgehead atoms. The largest absolute Gasteiger partial charge is 0.257 e. The van der Waals surface area contributed by atoms with Crippen molar-refractivity contribution >= 4 is 23.1 Å². The number of hydrogen-bond acceptors (Lipinski definition) is 4. The SMILES string of the molecule is Cc1ccc(C)c(CSc2n[nH]c(-c3cccs3)n2)c1. The lowest BCUT2D eigenvalue weighted by atomic mass is 10.1. The fraction of sp³-hybridized carbons (Fsp3) is 0.200. The molecular formula is C15H15N3S2. The Balaban J connectivity index is 1.71. The van der Waals surface area contributed by atoms with Crippen LogP contribution in [-0.4, -0.2) is 15.2 Å². The third-order valence-corrected chi connectivity index (χ3v) is 4.85. The minimum absolute atomic E-state index is 0.800. The van der Waals surface area contributed by atoms with Crippen molar-refractivity contribution in [3.8, 4) is 10.7 Å². The van der Waals surface area contributed by atoms with E-state index >= 15 is 0 Å². The summed E-state index contributed by atoms with van der Waals surface area (Å²) in [5.74, 6) is 1.75. The second-order valence-electron chi connectivity index (χ2n) is 4.66. The number of nitrogens with one attached hydrogen (secondary N) is 1. The average Bonchev–Trinajstić information content (AvgIpc) is 3.09. The minimum Gasteiger partial charge on any atom is -0.257 e. The zero-order chi connectivity index (χ0) is 13.9. The Hall–Kier alpha value is -1.59. The van der Waals surface area contributed by atoms with Crippen molar-refractivity contribution in [2.24, 2.45) is 0 Å². The Bertz CT molecular complexity index is 702. The summed E-state index contributed by atoms with van der Waals surface area (Å²) in [6, 6.07) is 10.6. The van der Waals surface area contributed by atoms with Gasteiger partial charge < -0.3 is 0 Å². The summed E-state index contributed by atoms with van der Waals surface area (Å²) in [5, 5.41) is 10.1. The van der Waals surface area contributed by atoms with Gasteiger partial charge in [-0.3, -0.25) is 5.10 Å². The zero-order valence-electron chi connectivity index (χ0n) is 11.4. The van der Waals surface area contributed by atoms with Gasteiger partial charge in [0.05, 0.1) is 4.88 Å². The van der Waals surface area contributed by atoms with Crippen LogP contribution in [0.1, 0.15) is 16.7 Å². The molecule has 1 aromatic carbocycles. The summed E-state index contributed by atoms with van der Waals surface area (Å²) in [4.78, 5) is 5.65. The van der Waals surface area contributed by atoms with Crippen molar-refractivity contribution in [3.63, 3.8) is 0 Å². The first kappa shape index (κ1) is 13.4. The van der Waals surface area contributed by atoms with E-state index in [1.165, 1.54) is 16.7 Å². The standard InChI is InChI=1S/C15H15N3S2/c1-10-5-6-11(2)12(8-10)9-20-15-16-14(17-18-15)13-4-3-7-19-13/h3-8H,9H2,1-2H3,(H,16,17,18). The number of nitrogens with zero attached hydrogens (tertiary/aromatic N) is 2. The Kier molecular flexibility index (Phi) is 3.89. The molecule has 3 rings (SSSR count). The number of hydrogen-bond donors (Lipinski definition) is 1. The Morgan fingerprint density at radius 1 is 1.25 bits per heavy atom. The average molecular weight is 301 g/mol. The summed E-state index contributed by atoms with van der Waals surface area (Å²) in [5.41, 5.74) is 3.95. The monoisotopic (exact) mass is 301 g/mol. The summed E-state index contributed by atoms with van der Waals surface area (Å²) >= 11 is 3.33. The first-order chi connectivity index (χ1) is 9.72. The van der Waals surface area contributed by atoms with Gasteiger partial charge >= 0.3 is 0 Å². The Labute approximate surface area is 126 Å². The maximum Gasteiger partial charge on any atom is 0.209 e. The van der Waals surface area contributed by atoms with Gasteiger partial charge in [0, 0.05) is 5.75 Å². The lowest BCUT2D eigenvalue weighted by molar-refractivity contribution is 0.973. The number of thioether (sulfide) groups is 1. The second-order valence-corrected chi connectivity index (χ2v) is 6.55. The summed E-state index contributed by atoms with van der Waals surface area (Å²) in [7, 11) is 0. The number of aromatic nitrogens is 3. The first-order valence-electron chi connectivity index (χ1n) is 6.37. The summed E-state index contributed by atoms with van der Waals surface area (Å²) in [6.07, 6.45) is 0. The zero-order valence-corrected chi connectivity index (χ0v) is 13.0. The van der Waals surface area contributed by atoms with Crippen LogP contribution in [0.5, 0.6) is 0 Å². The molecule has 2 aromatic heterocycles. The molecule has 2 heterocycles. The van der Waals surface area contributed by atoms with Crippen molar-refractivity contribution in [2.45, 2.75) is 24.8 Å². The molecule has 3 aromatic rings. The van der Waals surface area contributed by atoms with Crippen molar-refractivity contribution in [1.82, 2.24) is 15.2 Å². The molecule has 5 heteroatoms. The number of H-pyrrole nitrogens is 1. The molecule has 0 saturated heterocycles. The molecule has 102 valence electrons. The molecule has 0 atom stereocenters. The fourth-order valence-corrected chi connectivity index (χ4v) is 3.46. The van der Waals surface area contributed by atoms with E-state index in [9.17, 15) is 0 Å². The van der Waals surface area contributed by atoms with E-state index in [0.717, 1.165) is 21.6 Å². The van der Waals surface area contributed by atoms with Crippen LogP contribution in [0.15, 0.2) is 40.9 Å². The Morgan fingerprint density at radius 3 is 2.95 bits per heavy atom. The topological polar surface area (TPSA) is 41.6 Å². The van der Waals surface area contributed by atoms with Gasteiger partial charge in [-0.15, -0.1) is 16.4 Å². The molecule has 0 fully saturated rings. The highest BCUT2D eigenvalue weighted by atomic mass is 32.2. The third kappa shape index (κ3) is 2.94. The van der Waals surface area contributed by atoms with E-state index in [-0.39, 0.29) is 0 Å². The maximum absolute atomic E-state index is 4.53. The quantitative estimate of drug-likeness (QED) is 0.724. The van der Waals surface area contributed by atoms with Crippen LogP contribution < -0.4 is 0 Å². The van der Waals surface area contributed by atoms with Gasteiger partial charge in [-0.1, -0.05) is 41.6 Å². The maximum atomic E-state index is 4.53. The molecule has 0 spiro atoms. The molecule has 3 nitrogen and oxygen atoms in total. The second kappa shape index (κ2) is 5.81. The highest BCUT2D eigenvalue weighted by molar-refractivity contribution is 7.98. The van der Waals surface area contributed by atoms with Crippen LogP contribution in [0.3, 0.4) is 0 Å². The number of aromatic amines is 1. The van der Waals surface area contributed by atoms with Gasteiger partial charge in [-0.2, -0.15) is 0 Å². The highest BCUT2D eigenvalue weighted by Crippen LogP contribution is 2.26. The van der Waals surface area contributed by atoms with E-state index in [1.54, 1.807) is 23.1 Å². The van der Waals surface area contributed by atoms with Crippen LogP contribution in [0, 0.1) is 13.8 Å². The number of thiophene rings is 1. The van der Waals surface area contributed by atoms with Crippen LogP contribution >= 0.6 is 23.1 Å². The molecule has 0 aliphatic rings. The Morgan fingerprint density at radius 2 is 2.15 bits per heavy atom. The molecule has 1 N–H and O–H groups in total. The molecule has 0 amide bonds. The summed E-state index contributed by atoms with van der Waals surface area (Å²) < 4.78 is 0. The first-order valence-corrected chi connectivity index (χ1v) is 8.24. The number of aryl methyl sites for hydroxylation is 2. The van der Waals surface area contributed by atoms with Gasteiger partial charge in [0.1, 0.15) is 0 Å². The molecule has 20 heavy (non-hydrogen) atoms. The van der Waals surface area contributed by atoms with E-state index in [2.05, 4.69) is 47.2 Å². The number of rotatable bonds is 4. The third-order valence-electron chi connectivity index (χ3n) is 3.08. The van der Waals surface area contributed by atoms with Gasteiger partial charge in [0.25, 0.3) is 0 Å². The van der Waals surface area contributed by atoms with Crippen molar-refractivity contribution in [1.29, 1.82) is 0 Å². The van der Waals surface area contributed by atoms with Crippen LogP contribution in [0.4, 0.5) is 0 Å². The number of benzene rings is 1. The predicted octanol–water partition coefficient (Wildman–Crippen LogP) is 4.44. The molecule has 0 aliphatic heterocycles. The van der Waals surface area contributed by atoms with E-state index in [4.69, 9.17) is 0 Å². The van der Waals surface area contributed by atoms with Crippen LogP contribution in [0.2, 0.25) is 0 Å². The van der Waals surface area contributed by atoms with Crippen molar-refractivity contribution in [3.05, 3.63) is 52.4 Å². The van der Waals surface area contributed by atoms with Gasteiger partial charge in [-0.25, -0.2) is 4.98 Å². The van der Waals surface area contributed by atoms with Crippen LogP contribution in [0.25, 0.3) is 10.7 Å². The van der Waals surface area contributed by atoms with E-state index < -0.39 is 0 Å². The van der Waals surface area contributed by atoms with E-state index in [0.29, 0.717) is 0 Å². The lowest BCUT2D eigenvalue weighted by Crippen LogP contribution is -1.88.